The average Bonchev–Trinajstić information content (AvgIpc) is 3.33. The Hall–Kier alpha value is -0.790. The first-order valence-electron chi connectivity index (χ1n) is 18.4. The Kier molecular flexibility index (Phi) is 26.7. The maximum absolute atomic E-state index is 2.61. The fourth-order valence-electron chi connectivity index (χ4n) is 6.15. The second-order valence-electron chi connectivity index (χ2n) is 12.7. The molecular formula is C37H73N2+. The van der Waals surface area contributed by atoms with Gasteiger partial charge in [0, 0.05) is 6.42 Å². The summed E-state index contributed by atoms with van der Waals surface area (Å²) in [6, 6.07) is 0. The highest BCUT2D eigenvalue weighted by molar-refractivity contribution is 4.84. The molecule has 39 heavy (non-hydrogen) atoms. The third-order valence-corrected chi connectivity index (χ3v) is 8.85. The first-order valence-corrected chi connectivity index (χ1v) is 18.4. The summed E-state index contributed by atoms with van der Waals surface area (Å²) in [6.45, 7) is 9.38. The molecule has 2 nitrogen and oxygen atoms in total. The number of nitrogens with zero attached hydrogens (tertiary/aromatic N) is 2. The second kappa shape index (κ2) is 28.7. The highest BCUT2D eigenvalue weighted by Gasteiger charge is 2.16. The molecule has 0 aliphatic carbocycles. The van der Waals surface area contributed by atoms with Gasteiger partial charge < -0.3 is 0 Å². The van der Waals surface area contributed by atoms with Gasteiger partial charge in [0.25, 0.3) is 5.82 Å². The van der Waals surface area contributed by atoms with Gasteiger partial charge in [0.05, 0.1) is 13.1 Å². The van der Waals surface area contributed by atoms with Crippen molar-refractivity contribution in [3.8, 4) is 0 Å². The summed E-state index contributed by atoms with van der Waals surface area (Å²) >= 11 is 0. The fourth-order valence-corrected chi connectivity index (χ4v) is 6.15. The van der Waals surface area contributed by atoms with E-state index in [9.17, 15) is 0 Å². The SMILES string of the molecule is CCCCCCCCCCCCCCCCCCCc1n(CCCCCCCC)cc[n+]1CCCCCCC. The van der Waals surface area contributed by atoms with Crippen LogP contribution in [0.2, 0.25) is 0 Å². The summed E-state index contributed by atoms with van der Waals surface area (Å²) in [6.07, 6.45) is 46.0. The van der Waals surface area contributed by atoms with E-state index in [2.05, 4.69) is 42.3 Å². The molecule has 0 amide bonds. The van der Waals surface area contributed by atoms with Crippen molar-refractivity contribution >= 4 is 0 Å². The van der Waals surface area contributed by atoms with Gasteiger partial charge in [0.15, 0.2) is 0 Å². The summed E-state index contributed by atoms with van der Waals surface area (Å²) in [7, 11) is 0. The van der Waals surface area contributed by atoms with E-state index in [1.165, 1.54) is 199 Å². The van der Waals surface area contributed by atoms with Gasteiger partial charge in [-0.3, -0.25) is 0 Å². The number of hydrogen-bond acceptors (Lipinski definition) is 0. The molecule has 0 aromatic carbocycles. The van der Waals surface area contributed by atoms with Crippen molar-refractivity contribution in [2.45, 2.75) is 220 Å². The molecule has 0 aliphatic heterocycles. The van der Waals surface area contributed by atoms with E-state index in [0.717, 1.165) is 0 Å². The van der Waals surface area contributed by atoms with Crippen LogP contribution >= 0.6 is 0 Å². The molecule has 0 saturated heterocycles. The Morgan fingerprint density at radius 3 is 1.23 bits per heavy atom. The van der Waals surface area contributed by atoms with Crippen molar-refractivity contribution in [2.75, 3.05) is 0 Å². The third kappa shape index (κ3) is 21.6. The molecule has 0 atom stereocenters. The molecule has 0 saturated carbocycles. The van der Waals surface area contributed by atoms with Crippen molar-refractivity contribution < 1.29 is 4.57 Å². The Morgan fingerprint density at radius 1 is 0.436 bits per heavy atom. The van der Waals surface area contributed by atoms with Gasteiger partial charge in [-0.2, -0.15) is 0 Å². The minimum absolute atomic E-state index is 1.22. The molecule has 0 unspecified atom stereocenters. The predicted molar refractivity (Wildman–Crippen MR) is 175 cm³/mol. The van der Waals surface area contributed by atoms with Gasteiger partial charge in [0.1, 0.15) is 12.4 Å². The number of aromatic nitrogens is 2. The smallest absolute Gasteiger partial charge is 0.234 e. The van der Waals surface area contributed by atoms with E-state index < -0.39 is 0 Å². The van der Waals surface area contributed by atoms with Gasteiger partial charge in [-0.15, -0.1) is 0 Å². The van der Waals surface area contributed by atoms with E-state index in [-0.39, 0.29) is 0 Å². The van der Waals surface area contributed by atoms with Crippen LogP contribution in [0.25, 0.3) is 0 Å². The maximum atomic E-state index is 2.61. The number of imidazole rings is 1. The van der Waals surface area contributed by atoms with Gasteiger partial charge in [0.2, 0.25) is 0 Å². The Balaban J connectivity index is 2.15. The summed E-state index contributed by atoms with van der Waals surface area (Å²) in [5.41, 5.74) is 0. The predicted octanol–water partition coefficient (Wildman–Crippen LogP) is 12.3. The van der Waals surface area contributed by atoms with Crippen LogP contribution in [0.4, 0.5) is 0 Å². The lowest BCUT2D eigenvalue weighted by Gasteiger charge is -2.07. The molecule has 1 aromatic rings. The normalized spacial score (nSPS) is 11.6. The van der Waals surface area contributed by atoms with Gasteiger partial charge in [-0.05, 0) is 32.1 Å². The zero-order chi connectivity index (χ0) is 28.1. The van der Waals surface area contributed by atoms with Gasteiger partial charge in [-0.25, -0.2) is 9.13 Å². The molecule has 0 spiro atoms. The summed E-state index contributed by atoms with van der Waals surface area (Å²) in [5.74, 6) is 1.61. The summed E-state index contributed by atoms with van der Waals surface area (Å²) in [5, 5.41) is 0. The molecule has 2 heteroatoms. The topological polar surface area (TPSA) is 8.81 Å². The average molecular weight is 546 g/mol. The van der Waals surface area contributed by atoms with Crippen LogP contribution in [0.1, 0.15) is 206 Å². The van der Waals surface area contributed by atoms with Crippen molar-refractivity contribution in [1.82, 2.24) is 4.57 Å². The lowest BCUT2D eigenvalue weighted by Crippen LogP contribution is -2.37. The highest BCUT2D eigenvalue weighted by Crippen LogP contribution is 2.15. The number of rotatable bonds is 31. The monoisotopic (exact) mass is 546 g/mol. The van der Waals surface area contributed by atoms with Crippen molar-refractivity contribution in [3.05, 3.63) is 18.2 Å². The quantitative estimate of drug-likeness (QED) is 0.0648. The Bertz CT molecular complexity index is 605. The second-order valence-corrected chi connectivity index (χ2v) is 12.7. The number of unbranched alkanes of at least 4 members (excludes halogenated alkanes) is 25. The van der Waals surface area contributed by atoms with E-state index in [0.29, 0.717) is 0 Å². The van der Waals surface area contributed by atoms with E-state index in [4.69, 9.17) is 0 Å². The van der Waals surface area contributed by atoms with Crippen LogP contribution in [0.5, 0.6) is 0 Å². The van der Waals surface area contributed by atoms with Crippen LogP contribution in [0, 0.1) is 0 Å². The zero-order valence-corrected chi connectivity index (χ0v) is 27.5. The Labute approximate surface area is 247 Å². The molecule has 0 fully saturated rings. The molecule has 0 bridgehead atoms. The van der Waals surface area contributed by atoms with Crippen molar-refractivity contribution in [2.24, 2.45) is 0 Å². The van der Waals surface area contributed by atoms with E-state index in [1.54, 1.807) is 5.82 Å². The van der Waals surface area contributed by atoms with E-state index in [1.807, 2.05) is 0 Å². The number of aryl methyl sites for hydroxylation is 2. The van der Waals surface area contributed by atoms with Gasteiger partial charge in [-0.1, -0.05) is 168 Å². The van der Waals surface area contributed by atoms with Gasteiger partial charge >= 0.3 is 0 Å². The van der Waals surface area contributed by atoms with Crippen LogP contribution in [-0.2, 0) is 19.5 Å². The molecule has 0 radical (unpaired) electrons. The van der Waals surface area contributed by atoms with Crippen molar-refractivity contribution in [3.63, 3.8) is 0 Å². The first kappa shape index (κ1) is 36.2. The van der Waals surface area contributed by atoms with Crippen molar-refractivity contribution in [1.29, 1.82) is 0 Å². The zero-order valence-electron chi connectivity index (χ0n) is 27.5. The molecule has 1 aromatic heterocycles. The van der Waals surface area contributed by atoms with Crippen LogP contribution < -0.4 is 4.57 Å². The van der Waals surface area contributed by atoms with Crippen LogP contribution in [0.3, 0.4) is 0 Å². The lowest BCUT2D eigenvalue weighted by atomic mass is 10.0. The lowest BCUT2D eigenvalue weighted by molar-refractivity contribution is -0.704. The summed E-state index contributed by atoms with van der Waals surface area (Å²) in [4.78, 5) is 0. The summed E-state index contributed by atoms with van der Waals surface area (Å²) < 4.78 is 5.22. The van der Waals surface area contributed by atoms with E-state index >= 15 is 0 Å². The third-order valence-electron chi connectivity index (χ3n) is 8.85. The minimum atomic E-state index is 1.22. The maximum Gasteiger partial charge on any atom is 0.256 e. The molecule has 1 rings (SSSR count). The minimum Gasteiger partial charge on any atom is -0.234 e. The first-order chi connectivity index (χ1) is 19.3. The van der Waals surface area contributed by atoms with Crippen LogP contribution in [0.15, 0.2) is 12.4 Å². The number of hydrogen-bond donors (Lipinski definition) is 0. The molecule has 230 valence electrons. The molecule has 0 aliphatic rings. The largest absolute Gasteiger partial charge is 0.256 e. The highest BCUT2D eigenvalue weighted by atomic mass is 15.1. The fraction of sp³-hybridized carbons (Fsp3) is 0.919. The van der Waals surface area contributed by atoms with Crippen LogP contribution in [-0.4, -0.2) is 4.57 Å². The standard InChI is InChI=1S/C37H73N2/c1-4-7-10-13-15-16-17-18-19-20-21-22-23-24-25-26-29-32-37-38(33-30-27-12-9-6-3)35-36-39(37)34-31-28-14-11-8-5-2/h35-36H,4-34H2,1-3H3/q+1. The molecular weight excluding hydrogens is 472 g/mol. The molecule has 0 N–H and O–H groups in total. The molecule has 1 heterocycles. The Morgan fingerprint density at radius 2 is 0.795 bits per heavy atom.